The fraction of sp³-hybridized carbons (Fsp3) is 0.278. The molecule has 0 spiro atoms. The number of benzene rings is 2. The molecular weight excluding hydrogens is 361 g/mol. The van der Waals surface area contributed by atoms with E-state index in [2.05, 4.69) is 0 Å². The zero-order valence-electron chi connectivity index (χ0n) is 13.6. The van der Waals surface area contributed by atoms with Crippen molar-refractivity contribution in [2.45, 2.75) is 25.5 Å². The van der Waals surface area contributed by atoms with Gasteiger partial charge in [-0.1, -0.05) is 48.5 Å². The predicted octanol–water partition coefficient (Wildman–Crippen LogP) is 3.88. The van der Waals surface area contributed by atoms with Crippen molar-refractivity contribution >= 4 is 29.2 Å². The third kappa shape index (κ3) is 4.71. The van der Waals surface area contributed by atoms with E-state index in [1.807, 2.05) is 30.3 Å². The Kier molecular flexibility index (Phi) is 5.92. The minimum atomic E-state index is -3.72. The molecule has 1 saturated heterocycles. The monoisotopic (exact) mass is 379 g/mol. The third-order valence-electron chi connectivity index (χ3n) is 3.99. The Labute approximate surface area is 151 Å². The quantitative estimate of drug-likeness (QED) is 0.713. The fourth-order valence-corrected chi connectivity index (χ4v) is 4.23. The van der Waals surface area contributed by atoms with Gasteiger partial charge in [-0.15, -0.1) is 0 Å². The van der Waals surface area contributed by atoms with Crippen molar-refractivity contribution in [2.24, 2.45) is 0 Å². The minimum absolute atomic E-state index is 0.305. The first-order valence-corrected chi connectivity index (χ1v) is 10.6. The molecule has 0 radical (unpaired) electrons. The van der Waals surface area contributed by atoms with Crippen molar-refractivity contribution in [3.8, 4) is 0 Å². The molecule has 7 heteroatoms. The van der Waals surface area contributed by atoms with Gasteiger partial charge in [-0.25, -0.2) is 4.79 Å². The zero-order valence-corrected chi connectivity index (χ0v) is 15.2. The highest BCUT2D eigenvalue weighted by Gasteiger charge is 2.37. The van der Waals surface area contributed by atoms with Crippen LogP contribution >= 0.6 is 18.0 Å². The maximum absolute atomic E-state index is 12.5. The first-order valence-electron chi connectivity index (χ1n) is 8.08. The minimum Gasteiger partial charge on any atom is -0.396 e. The molecular formula is C18H19ClNO4P. The molecule has 0 aliphatic carbocycles. The van der Waals surface area contributed by atoms with E-state index in [1.165, 1.54) is 0 Å². The summed E-state index contributed by atoms with van der Waals surface area (Å²) in [6, 6.07) is 17.4. The highest BCUT2D eigenvalue weighted by atomic mass is 35.7. The number of carbonyl (C=O) groups excluding carboxylic acids is 1. The highest BCUT2D eigenvalue weighted by molar-refractivity contribution is 7.91. The molecule has 2 aromatic rings. The lowest BCUT2D eigenvalue weighted by Gasteiger charge is -2.23. The number of rotatable bonds is 6. The van der Waals surface area contributed by atoms with Gasteiger partial charge in [0, 0.05) is 6.54 Å². The Morgan fingerprint density at radius 1 is 1.12 bits per heavy atom. The summed E-state index contributed by atoms with van der Waals surface area (Å²) in [5.74, 6) is -0.618. The molecule has 0 bridgehead atoms. The van der Waals surface area contributed by atoms with Gasteiger partial charge in [0.05, 0.1) is 11.9 Å². The van der Waals surface area contributed by atoms with E-state index < -0.39 is 18.7 Å². The van der Waals surface area contributed by atoms with Crippen LogP contribution in [0.1, 0.15) is 18.4 Å². The fourth-order valence-electron chi connectivity index (χ4n) is 2.70. The molecule has 0 aromatic heterocycles. The lowest BCUT2D eigenvalue weighted by atomic mass is 10.2. The number of carbonyl (C=O) groups is 1. The molecule has 0 saturated carbocycles. The Hall–Kier alpha value is -1.65. The number of halogens is 1. The first-order chi connectivity index (χ1) is 12.1. The molecule has 0 amide bonds. The maximum atomic E-state index is 12.5. The van der Waals surface area contributed by atoms with E-state index in [4.69, 9.17) is 20.6 Å². The molecule has 3 rings (SSSR count). The van der Waals surface area contributed by atoms with Gasteiger partial charge in [-0.05, 0) is 41.8 Å². The van der Waals surface area contributed by atoms with Crippen molar-refractivity contribution in [1.29, 1.82) is 0 Å². The van der Waals surface area contributed by atoms with Crippen LogP contribution in [0.15, 0.2) is 60.7 Å². The molecule has 1 unspecified atom stereocenters. The van der Waals surface area contributed by atoms with Gasteiger partial charge >= 0.3 is 12.7 Å². The standard InChI is InChI=1S/C18H19ClNO4P/c19-25(22,16-10-5-2-6-11-16)24-18(21)17-12-7-13-20(17)23-14-15-8-3-1-4-9-15/h1-6,8-11,17H,7,12-14H2/t17-,25?/m0/s1. The van der Waals surface area contributed by atoms with Crippen molar-refractivity contribution in [1.82, 2.24) is 5.06 Å². The van der Waals surface area contributed by atoms with Gasteiger partial charge in [0.2, 0.25) is 0 Å². The smallest absolute Gasteiger partial charge is 0.368 e. The second-order valence-electron chi connectivity index (χ2n) is 5.78. The summed E-state index contributed by atoms with van der Waals surface area (Å²) in [6.07, 6.45) is 1.38. The molecule has 0 N–H and O–H groups in total. The van der Waals surface area contributed by atoms with Crippen molar-refractivity contribution in [3.63, 3.8) is 0 Å². The Bertz CT molecular complexity index is 756. The summed E-state index contributed by atoms with van der Waals surface area (Å²) < 4.78 is 17.7. The van der Waals surface area contributed by atoms with Gasteiger partial charge in [-0.3, -0.25) is 9.40 Å². The van der Waals surface area contributed by atoms with E-state index >= 15 is 0 Å². The summed E-state index contributed by atoms with van der Waals surface area (Å²) in [5, 5.41) is 1.90. The van der Waals surface area contributed by atoms with Crippen LogP contribution in [0.5, 0.6) is 0 Å². The third-order valence-corrected chi connectivity index (χ3v) is 6.11. The molecule has 132 valence electrons. The van der Waals surface area contributed by atoms with Gasteiger partial charge < -0.3 is 4.52 Å². The van der Waals surface area contributed by atoms with Crippen LogP contribution < -0.4 is 5.30 Å². The van der Waals surface area contributed by atoms with Crippen LogP contribution in [0.3, 0.4) is 0 Å². The summed E-state index contributed by atoms with van der Waals surface area (Å²) in [5.41, 5.74) is 1.01. The van der Waals surface area contributed by atoms with E-state index in [9.17, 15) is 9.36 Å². The topological polar surface area (TPSA) is 55.8 Å². The predicted molar refractivity (Wildman–Crippen MR) is 96.6 cm³/mol. The van der Waals surface area contributed by atoms with Gasteiger partial charge in [-0.2, -0.15) is 5.06 Å². The maximum Gasteiger partial charge on any atom is 0.368 e. The van der Waals surface area contributed by atoms with Crippen molar-refractivity contribution < 1.29 is 18.7 Å². The molecule has 1 fully saturated rings. The van der Waals surface area contributed by atoms with E-state index in [0.717, 1.165) is 12.0 Å². The van der Waals surface area contributed by atoms with Gasteiger partial charge in [0.1, 0.15) is 6.04 Å². The van der Waals surface area contributed by atoms with Crippen LogP contribution in [0.25, 0.3) is 0 Å². The first kappa shape index (κ1) is 18.2. The second-order valence-corrected chi connectivity index (χ2v) is 8.78. The Morgan fingerprint density at radius 2 is 1.76 bits per heavy atom. The van der Waals surface area contributed by atoms with Gasteiger partial charge in [0.15, 0.2) is 0 Å². The number of hydroxylamine groups is 2. The lowest BCUT2D eigenvalue weighted by Crippen LogP contribution is -2.37. The Morgan fingerprint density at radius 3 is 2.44 bits per heavy atom. The normalized spacial score (nSPS) is 20.1. The van der Waals surface area contributed by atoms with Crippen LogP contribution in [0.4, 0.5) is 0 Å². The number of hydrogen-bond donors (Lipinski definition) is 0. The highest BCUT2D eigenvalue weighted by Crippen LogP contribution is 2.51. The molecule has 1 aliphatic heterocycles. The summed E-state index contributed by atoms with van der Waals surface area (Å²) in [4.78, 5) is 18.2. The Balaban J connectivity index is 1.61. The number of nitrogens with zero attached hydrogens (tertiary/aromatic N) is 1. The van der Waals surface area contributed by atoms with E-state index in [1.54, 1.807) is 35.4 Å². The van der Waals surface area contributed by atoms with Crippen molar-refractivity contribution in [3.05, 3.63) is 66.2 Å². The molecule has 1 heterocycles. The summed E-state index contributed by atoms with van der Waals surface area (Å²) >= 11 is 6.01. The van der Waals surface area contributed by atoms with E-state index in [-0.39, 0.29) is 0 Å². The molecule has 5 nitrogen and oxygen atoms in total. The van der Waals surface area contributed by atoms with Gasteiger partial charge in [0.25, 0.3) is 0 Å². The average molecular weight is 380 g/mol. The summed E-state index contributed by atoms with van der Waals surface area (Å²) in [6.45, 7) is -2.74. The summed E-state index contributed by atoms with van der Waals surface area (Å²) in [7, 11) is 0. The molecule has 25 heavy (non-hydrogen) atoms. The number of hydrogen-bond acceptors (Lipinski definition) is 5. The second kappa shape index (κ2) is 8.15. The van der Waals surface area contributed by atoms with E-state index in [0.29, 0.717) is 24.9 Å². The van der Waals surface area contributed by atoms with Crippen molar-refractivity contribution in [2.75, 3.05) is 6.54 Å². The van der Waals surface area contributed by atoms with Crippen LogP contribution in [0.2, 0.25) is 0 Å². The molecule has 1 aliphatic rings. The molecule has 2 atom stereocenters. The lowest BCUT2D eigenvalue weighted by molar-refractivity contribution is -0.190. The van der Waals surface area contributed by atoms with Crippen LogP contribution in [-0.2, 0) is 25.3 Å². The van der Waals surface area contributed by atoms with Crippen LogP contribution in [0, 0.1) is 0 Å². The molecule has 2 aromatic carbocycles. The average Bonchev–Trinajstić information content (AvgIpc) is 3.10. The SMILES string of the molecule is O=C(OP(=O)(Cl)c1ccccc1)[C@@H]1CCCN1OCc1ccccc1. The van der Waals surface area contributed by atoms with Crippen LogP contribution in [-0.4, -0.2) is 23.6 Å². The largest absolute Gasteiger partial charge is 0.396 e. The zero-order chi connectivity index (χ0) is 17.7.